The molecular formula is C11H22N2O. The summed E-state index contributed by atoms with van der Waals surface area (Å²) in [6, 6.07) is 0.799. The molecule has 0 aromatic carbocycles. The number of hydrogen-bond acceptors (Lipinski definition) is 3. The summed E-state index contributed by atoms with van der Waals surface area (Å²) in [5, 5.41) is 8.99. The van der Waals surface area contributed by atoms with Gasteiger partial charge in [0.25, 0.3) is 0 Å². The molecule has 2 rings (SSSR count). The van der Waals surface area contributed by atoms with Crippen LogP contribution in [0.15, 0.2) is 0 Å². The Bertz CT molecular complexity index is 182. The van der Waals surface area contributed by atoms with Crippen LogP contribution in [0.1, 0.15) is 19.3 Å². The van der Waals surface area contributed by atoms with Gasteiger partial charge in [-0.05, 0) is 38.8 Å². The van der Waals surface area contributed by atoms with E-state index in [1.165, 1.54) is 38.9 Å². The normalized spacial score (nSPS) is 28.9. The Morgan fingerprint density at radius 3 is 2.64 bits per heavy atom. The van der Waals surface area contributed by atoms with E-state index in [9.17, 15) is 0 Å². The minimum Gasteiger partial charge on any atom is -0.395 e. The molecule has 1 aliphatic heterocycles. The monoisotopic (exact) mass is 198 g/mol. The maximum absolute atomic E-state index is 8.99. The Balaban J connectivity index is 1.75. The number of aliphatic hydroxyl groups excluding tert-OH is 1. The van der Waals surface area contributed by atoms with Crippen LogP contribution in [0.25, 0.3) is 0 Å². The average Bonchev–Trinajstić information content (AvgIpc) is 2.91. The lowest BCUT2D eigenvalue weighted by Crippen LogP contribution is -2.34. The molecule has 1 N–H and O–H groups in total. The molecule has 2 fully saturated rings. The fourth-order valence-corrected chi connectivity index (χ4v) is 2.50. The molecule has 0 aromatic rings. The van der Waals surface area contributed by atoms with Crippen LogP contribution in [0, 0.1) is 5.92 Å². The molecule has 1 saturated heterocycles. The summed E-state index contributed by atoms with van der Waals surface area (Å²) in [7, 11) is 2.20. The van der Waals surface area contributed by atoms with Crippen LogP contribution in [0.4, 0.5) is 0 Å². The quantitative estimate of drug-likeness (QED) is 0.692. The zero-order valence-corrected chi connectivity index (χ0v) is 9.15. The summed E-state index contributed by atoms with van der Waals surface area (Å²) >= 11 is 0. The molecule has 3 nitrogen and oxygen atoms in total. The number of aliphatic hydroxyl groups is 1. The maximum Gasteiger partial charge on any atom is 0.0558 e. The van der Waals surface area contributed by atoms with Crippen molar-refractivity contribution in [1.29, 1.82) is 0 Å². The SMILES string of the molecule is CN1CC[C@@H](CN(CCO)C2CC2)C1. The van der Waals surface area contributed by atoms with Gasteiger partial charge >= 0.3 is 0 Å². The highest BCUT2D eigenvalue weighted by Gasteiger charge is 2.31. The largest absolute Gasteiger partial charge is 0.395 e. The molecule has 1 saturated carbocycles. The molecule has 0 spiro atoms. The molecule has 1 aliphatic carbocycles. The molecular weight excluding hydrogens is 176 g/mol. The van der Waals surface area contributed by atoms with Gasteiger partial charge in [0, 0.05) is 25.7 Å². The number of nitrogens with zero attached hydrogens (tertiary/aromatic N) is 2. The molecule has 0 aromatic heterocycles. The summed E-state index contributed by atoms with van der Waals surface area (Å²) in [5.74, 6) is 0.840. The van der Waals surface area contributed by atoms with Gasteiger partial charge in [-0.3, -0.25) is 4.90 Å². The van der Waals surface area contributed by atoms with E-state index >= 15 is 0 Å². The van der Waals surface area contributed by atoms with Gasteiger partial charge in [-0.25, -0.2) is 0 Å². The van der Waals surface area contributed by atoms with Gasteiger partial charge in [0.1, 0.15) is 0 Å². The van der Waals surface area contributed by atoms with Crippen LogP contribution < -0.4 is 0 Å². The summed E-state index contributed by atoms with van der Waals surface area (Å²) in [6.45, 7) is 4.90. The molecule has 3 heteroatoms. The molecule has 2 aliphatic rings. The zero-order chi connectivity index (χ0) is 9.97. The number of rotatable bonds is 5. The van der Waals surface area contributed by atoms with Crippen LogP contribution >= 0.6 is 0 Å². The molecule has 0 unspecified atom stereocenters. The van der Waals surface area contributed by atoms with Crippen LogP contribution in [0.2, 0.25) is 0 Å². The lowest BCUT2D eigenvalue weighted by atomic mass is 10.1. The second-order valence-corrected chi connectivity index (χ2v) is 4.87. The van der Waals surface area contributed by atoms with Gasteiger partial charge in [0.15, 0.2) is 0 Å². The predicted molar refractivity (Wildman–Crippen MR) is 57.3 cm³/mol. The summed E-state index contributed by atoms with van der Waals surface area (Å²) in [6.07, 6.45) is 4.04. The molecule has 0 amide bonds. The van der Waals surface area contributed by atoms with Crippen molar-refractivity contribution in [2.75, 3.05) is 39.8 Å². The minimum absolute atomic E-state index is 0.319. The standard InChI is InChI=1S/C11H22N2O/c1-12-5-4-10(8-12)9-13(6-7-14)11-2-3-11/h10-11,14H,2-9H2,1H3/t10-/m1/s1. The van der Waals surface area contributed by atoms with Crippen molar-refractivity contribution >= 4 is 0 Å². The van der Waals surface area contributed by atoms with Crippen molar-refractivity contribution in [1.82, 2.24) is 9.80 Å². The highest BCUT2D eigenvalue weighted by atomic mass is 16.3. The van der Waals surface area contributed by atoms with Crippen molar-refractivity contribution in [2.45, 2.75) is 25.3 Å². The minimum atomic E-state index is 0.319. The Labute approximate surface area is 86.7 Å². The Morgan fingerprint density at radius 1 is 1.36 bits per heavy atom. The number of hydrogen-bond donors (Lipinski definition) is 1. The van der Waals surface area contributed by atoms with Crippen molar-refractivity contribution in [3.8, 4) is 0 Å². The maximum atomic E-state index is 8.99. The second-order valence-electron chi connectivity index (χ2n) is 4.87. The average molecular weight is 198 g/mol. The first-order valence-corrected chi connectivity index (χ1v) is 5.83. The van der Waals surface area contributed by atoms with Crippen LogP contribution in [-0.2, 0) is 0 Å². The molecule has 14 heavy (non-hydrogen) atoms. The lowest BCUT2D eigenvalue weighted by Gasteiger charge is -2.24. The van der Waals surface area contributed by atoms with Crippen LogP contribution in [-0.4, -0.2) is 60.8 Å². The molecule has 0 bridgehead atoms. The van der Waals surface area contributed by atoms with E-state index in [2.05, 4.69) is 16.8 Å². The molecule has 0 radical (unpaired) electrons. The Morgan fingerprint density at radius 2 is 2.14 bits per heavy atom. The zero-order valence-electron chi connectivity index (χ0n) is 9.15. The number of likely N-dealkylation sites (tertiary alicyclic amines) is 1. The van der Waals surface area contributed by atoms with Gasteiger partial charge < -0.3 is 10.0 Å². The smallest absolute Gasteiger partial charge is 0.0558 e. The Kier molecular flexibility index (Phi) is 3.42. The first kappa shape index (κ1) is 10.4. The predicted octanol–water partition coefficient (Wildman–Crippen LogP) is 0.395. The highest BCUT2D eigenvalue weighted by Crippen LogP contribution is 2.28. The van der Waals surface area contributed by atoms with Gasteiger partial charge in [-0.1, -0.05) is 0 Å². The van der Waals surface area contributed by atoms with Crippen molar-refractivity contribution < 1.29 is 5.11 Å². The first-order valence-electron chi connectivity index (χ1n) is 5.83. The third-order valence-corrected chi connectivity index (χ3v) is 3.43. The third kappa shape index (κ3) is 2.69. The van der Waals surface area contributed by atoms with Gasteiger partial charge in [-0.15, -0.1) is 0 Å². The first-order chi connectivity index (χ1) is 6.79. The van der Waals surface area contributed by atoms with Crippen molar-refractivity contribution in [3.05, 3.63) is 0 Å². The van der Waals surface area contributed by atoms with E-state index in [4.69, 9.17) is 5.11 Å². The van der Waals surface area contributed by atoms with Crippen LogP contribution in [0.3, 0.4) is 0 Å². The van der Waals surface area contributed by atoms with E-state index < -0.39 is 0 Å². The molecule has 1 heterocycles. The molecule has 1 atom stereocenters. The summed E-state index contributed by atoms with van der Waals surface area (Å²) < 4.78 is 0. The van der Waals surface area contributed by atoms with Crippen molar-refractivity contribution in [2.24, 2.45) is 5.92 Å². The fourth-order valence-electron chi connectivity index (χ4n) is 2.50. The van der Waals surface area contributed by atoms with Gasteiger partial charge in [-0.2, -0.15) is 0 Å². The van der Waals surface area contributed by atoms with Gasteiger partial charge in [0.05, 0.1) is 6.61 Å². The van der Waals surface area contributed by atoms with Crippen LogP contribution in [0.5, 0.6) is 0 Å². The Hall–Kier alpha value is -0.120. The lowest BCUT2D eigenvalue weighted by molar-refractivity contribution is 0.169. The summed E-state index contributed by atoms with van der Waals surface area (Å²) in [4.78, 5) is 4.90. The topological polar surface area (TPSA) is 26.7 Å². The van der Waals surface area contributed by atoms with Crippen molar-refractivity contribution in [3.63, 3.8) is 0 Å². The van der Waals surface area contributed by atoms with Gasteiger partial charge in [0.2, 0.25) is 0 Å². The highest BCUT2D eigenvalue weighted by molar-refractivity contribution is 4.87. The summed E-state index contributed by atoms with van der Waals surface area (Å²) in [5.41, 5.74) is 0. The van der Waals surface area contributed by atoms with E-state index in [-0.39, 0.29) is 0 Å². The third-order valence-electron chi connectivity index (χ3n) is 3.43. The van der Waals surface area contributed by atoms with E-state index in [1.54, 1.807) is 0 Å². The molecule has 82 valence electrons. The van der Waals surface area contributed by atoms with E-state index in [1.807, 2.05) is 0 Å². The van der Waals surface area contributed by atoms with E-state index in [0.717, 1.165) is 18.5 Å². The fraction of sp³-hybridized carbons (Fsp3) is 1.00. The second kappa shape index (κ2) is 4.60. The van der Waals surface area contributed by atoms with E-state index in [0.29, 0.717) is 6.61 Å².